The lowest BCUT2D eigenvalue weighted by Gasteiger charge is -2.35. The molecule has 3 rings (SSSR count). The maximum atomic E-state index is 4.23. The van der Waals surface area contributed by atoms with E-state index >= 15 is 0 Å². The normalized spacial score (nSPS) is 20.1. The van der Waals surface area contributed by atoms with Crippen LogP contribution >= 0.6 is 0 Å². The maximum Gasteiger partial charge on any atom is 0.137 e. The Balaban J connectivity index is 1.57. The Hall–Kier alpha value is -1.75. The lowest BCUT2D eigenvalue weighted by atomic mass is 10.0. The number of nitrogens with zero attached hydrogens (tertiary/aromatic N) is 5. The largest absolute Gasteiger partial charge is 0.298 e. The van der Waals surface area contributed by atoms with Crippen LogP contribution in [0.5, 0.6) is 0 Å². The number of aromatic nitrogens is 4. The zero-order valence-corrected chi connectivity index (χ0v) is 11.7. The molecule has 1 aliphatic rings. The minimum absolute atomic E-state index is 0.590. The highest BCUT2D eigenvalue weighted by Crippen LogP contribution is 2.18. The predicted octanol–water partition coefficient (Wildman–Crippen LogP) is 1.77. The van der Waals surface area contributed by atoms with Gasteiger partial charge in [0.25, 0.3) is 0 Å². The van der Waals surface area contributed by atoms with Gasteiger partial charge in [0.2, 0.25) is 0 Å². The summed E-state index contributed by atoms with van der Waals surface area (Å²) in [4.78, 5) is 10.7. The molecule has 1 unspecified atom stereocenters. The van der Waals surface area contributed by atoms with Gasteiger partial charge in [0.05, 0.1) is 6.54 Å². The topological polar surface area (TPSA) is 46.8 Å². The summed E-state index contributed by atoms with van der Waals surface area (Å²) in [5.41, 5.74) is 1.37. The van der Waals surface area contributed by atoms with Gasteiger partial charge in [-0.15, -0.1) is 0 Å². The second kappa shape index (κ2) is 6.61. The van der Waals surface area contributed by atoms with Crippen LogP contribution < -0.4 is 0 Å². The minimum Gasteiger partial charge on any atom is -0.298 e. The van der Waals surface area contributed by atoms with Crippen LogP contribution in [0.25, 0.3) is 0 Å². The third kappa shape index (κ3) is 3.42. The molecule has 1 aliphatic heterocycles. The fourth-order valence-corrected chi connectivity index (χ4v) is 2.93. The van der Waals surface area contributed by atoms with Crippen molar-refractivity contribution in [3.05, 3.63) is 42.7 Å². The van der Waals surface area contributed by atoms with Gasteiger partial charge in [0, 0.05) is 25.0 Å². The molecule has 0 N–H and O–H groups in total. The summed E-state index contributed by atoms with van der Waals surface area (Å²) in [6.45, 7) is 3.27. The first-order chi connectivity index (χ1) is 9.92. The Morgan fingerprint density at radius 3 is 2.85 bits per heavy atom. The minimum atomic E-state index is 0.590. The number of piperidine rings is 1. The van der Waals surface area contributed by atoms with Crippen molar-refractivity contribution in [2.24, 2.45) is 0 Å². The maximum absolute atomic E-state index is 4.23. The van der Waals surface area contributed by atoms with E-state index in [2.05, 4.69) is 32.1 Å². The van der Waals surface area contributed by atoms with Gasteiger partial charge >= 0.3 is 0 Å². The molecule has 0 bridgehead atoms. The molecule has 0 amide bonds. The Labute approximate surface area is 119 Å². The fourth-order valence-electron chi connectivity index (χ4n) is 2.93. The van der Waals surface area contributed by atoms with Crippen molar-refractivity contribution in [2.45, 2.75) is 38.3 Å². The highest BCUT2D eigenvalue weighted by Gasteiger charge is 2.22. The summed E-state index contributed by atoms with van der Waals surface area (Å²) in [7, 11) is 0. The monoisotopic (exact) mass is 271 g/mol. The van der Waals surface area contributed by atoms with E-state index in [1.54, 1.807) is 6.33 Å². The van der Waals surface area contributed by atoms with Gasteiger partial charge in [-0.05, 0) is 43.5 Å². The Bertz CT molecular complexity index is 496. The van der Waals surface area contributed by atoms with Gasteiger partial charge in [-0.25, -0.2) is 4.98 Å². The zero-order valence-electron chi connectivity index (χ0n) is 11.7. The second-order valence-corrected chi connectivity index (χ2v) is 5.41. The molecule has 5 heteroatoms. The van der Waals surface area contributed by atoms with Crippen LogP contribution in [-0.2, 0) is 13.0 Å². The van der Waals surface area contributed by atoms with Crippen LogP contribution in [0, 0.1) is 0 Å². The molecule has 0 aromatic carbocycles. The fraction of sp³-hybridized carbons (Fsp3) is 0.533. The first-order valence-corrected chi connectivity index (χ1v) is 7.37. The van der Waals surface area contributed by atoms with Gasteiger partial charge in [-0.1, -0.05) is 6.42 Å². The zero-order chi connectivity index (χ0) is 13.6. The first-order valence-electron chi connectivity index (χ1n) is 7.37. The van der Waals surface area contributed by atoms with Crippen LogP contribution in [0.4, 0.5) is 0 Å². The molecule has 1 saturated heterocycles. The van der Waals surface area contributed by atoms with Crippen molar-refractivity contribution in [1.29, 1.82) is 0 Å². The van der Waals surface area contributed by atoms with E-state index in [1.165, 1.54) is 31.4 Å². The van der Waals surface area contributed by atoms with E-state index in [9.17, 15) is 0 Å². The Morgan fingerprint density at radius 2 is 2.05 bits per heavy atom. The molecule has 2 aromatic rings. The van der Waals surface area contributed by atoms with Crippen molar-refractivity contribution in [3.63, 3.8) is 0 Å². The summed E-state index contributed by atoms with van der Waals surface area (Å²) in [6, 6.07) is 4.81. The van der Waals surface area contributed by atoms with E-state index < -0.39 is 0 Å². The lowest BCUT2D eigenvalue weighted by molar-refractivity contribution is 0.131. The summed E-state index contributed by atoms with van der Waals surface area (Å²) < 4.78 is 1.95. The standard InChI is InChI=1S/C15H21N5/c1-2-9-19(10-6-14-4-7-16-8-5-14)15(3-1)11-20-13-17-12-18-20/h4-5,7-8,12-13,15H,1-3,6,9-11H2. The van der Waals surface area contributed by atoms with E-state index in [1.807, 2.05) is 23.4 Å². The van der Waals surface area contributed by atoms with Crippen LogP contribution in [0.15, 0.2) is 37.2 Å². The molecule has 0 aliphatic carbocycles. The van der Waals surface area contributed by atoms with Crippen molar-refractivity contribution in [2.75, 3.05) is 13.1 Å². The van der Waals surface area contributed by atoms with Crippen LogP contribution in [0.3, 0.4) is 0 Å². The molecular weight excluding hydrogens is 250 g/mol. The number of hydrogen-bond acceptors (Lipinski definition) is 4. The molecule has 3 heterocycles. The van der Waals surface area contributed by atoms with E-state index in [-0.39, 0.29) is 0 Å². The van der Waals surface area contributed by atoms with Crippen LogP contribution in [-0.4, -0.2) is 43.8 Å². The third-order valence-electron chi connectivity index (χ3n) is 4.05. The van der Waals surface area contributed by atoms with Crippen LogP contribution in [0.1, 0.15) is 24.8 Å². The molecule has 2 aromatic heterocycles. The average Bonchev–Trinajstić information content (AvgIpc) is 3.00. The molecule has 106 valence electrons. The van der Waals surface area contributed by atoms with Crippen LogP contribution in [0.2, 0.25) is 0 Å². The van der Waals surface area contributed by atoms with Gasteiger partial charge in [-0.2, -0.15) is 5.10 Å². The molecule has 0 spiro atoms. The molecule has 20 heavy (non-hydrogen) atoms. The first kappa shape index (κ1) is 13.2. The Morgan fingerprint density at radius 1 is 1.15 bits per heavy atom. The number of hydrogen-bond donors (Lipinski definition) is 0. The highest BCUT2D eigenvalue weighted by atomic mass is 15.3. The average molecular weight is 271 g/mol. The van der Waals surface area contributed by atoms with Gasteiger partial charge in [0.15, 0.2) is 0 Å². The number of rotatable bonds is 5. The van der Waals surface area contributed by atoms with Gasteiger partial charge in [-0.3, -0.25) is 14.6 Å². The number of likely N-dealkylation sites (tertiary alicyclic amines) is 1. The smallest absolute Gasteiger partial charge is 0.137 e. The third-order valence-corrected chi connectivity index (χ3v) is 4.05. The molecule has 0 saturated carbocycles. The highest BCUT2D eigenvalue weighted by molar-refractivity contribution is 5.10. The molecule has 5 nitrogen and oxygen atoms in total. The van der Waals surface area contributed by atoms with Crippen molar-refractivity contribution < 1.29 is 0 Å². The van der Waals surface area contributed by atoms with E-state index in [0.717, 1.165) is 19.5 Å². The van der Waals surface area contributed by atoms with Gasteiger partial charge < -0.3 is 0 Å². The quantitative estimate of drug-likeness (QED) is 0.831. The molecule has 1 fully saturated rings. The summed E-state index contributed by atoms with van der Waals surface area (Å²) in [5.74, 6) is 0. The summed E-state index contributed by atoms with van der Waals surface area (Å²) in [5, 5.41) is 4.23. The van der Waals surface area contributed by atoms with E-state index in [0.29, 0.717) is 6.04 Å². The lowest BCUT2D eigenvalue weighted by Crippen LogP contribution is -2.43. The summed E-state index contributed by atoms with van der Waals surface area (Å²) in [6.07, 6.45) is 12.2. The van der Waals surface area contributed by atoms with Gasteiger partial charge in [0.1, 0.15) is 12.7 Å². The number of pyridine rings is 1. The molecule has 0 radical (unpaired) electrons. The van der Waals surface area contributed by atoms with Crippen molar-refractivity contribution in [3.8, 4) is 0 Å². The SMILES string of the molecule is c1cc(CCN2CCCCC2Cn2cncn2)ccn1. The van der Waals surface area contributed by atoms with E-state index in [4.69, 9.17) is 0 Å². The molecule has 1 atom stereocenters. The molecular formula is C15H21N5. The summed E-state index contributed by atoms with van der Waals surface area (Å²) >= 11 is 0. The Kier molecular flexibility index (Phi) is 4.38. The predicted molar refractivity (Wildman–Crippen MR) is 77.2 cm³/mol. The van der Waals surface area contributed by atoms with Crippen molar-refractivity contribution >= 4 is 0 Å². The van der Waals surface area contributed by atoms with Crippen molar-refractivity contribution in [1.82, 2.24) is 24.6 Å². The second-order valence-electron chi connectivity index (χ2n) is 5.41.